The molecule has 5 nitrogen and oxygen atoms in total. The third-order valence-corrected chi connectivity index (χ3v) is 6.77. The van der Waals surface area contributed by atoms with Gasteiger partial charge in [0.25, 0.3) is 5.56 Å². The summed E-state index contributed by atoms with van der Waals surface area (Å²) in [5.41, 5.74) is 3.69. The van der Waals surface area contributed by atoms with Crippen molar-refractivity contribution in [1.29, 1.82) is 0 Å². The summed E-state index contributed by atoms with van der Waals surface area (Å²) in [5, 5.41) is 3.53. The summed E-state index contributed by atoms with van der Waals surface area (Å²) in [6.45, 7) is 2.41. The van der Waals surface area contributed by atoms with Crippen LogP contribution in [0.15, 0.2) is 69.4 Å². The van der Waals surface area contributed by atoms with Crippen molar-refractivity contribution in [3.63, 3.8) is 0 Å². The molecule has 0 aliphatic carbocycles. The van der Waals surface area contributed by atoms with E-state index in [9.17, 15) is 9.59 Å². The van der Waals surface area contributed by atoms with Gasteiger partial charge in [0.05, 0.1) is 22.9 Å². The summed E-state index contributed by atoms with van der Waals surface area (Å²) >= 11 is 2.88. The van der Waals surface area contributed by atoms with Crippen LogP contribution in [0.2, 0.25) is 0 Å². The fourth-order valence-corrected chi connectivity index (χ4v) is 5.03. The standard InChI is InChI=1S/C22H21N3O2S2/c1-15-7-5-6-10-17(15)23-19(26)14-29-22-24-18-11-12-28-20(18)21(27)25(22)13-16-8-3-2-4-9-16/h2-10H,11-14H2,1H3,(H,23,26). The van der Waals surface area contributed by atoms with E-state index in [1.165, 1.54) is 11.8 Å². The molecule has 3 aromatic rings. The molecule has 0 unspecified atom stereocenters. The fraction of sp³-hybridized carbons (Fsp3) is 0.227. The second-order valence-corrected chi connectivity index (χ2v) is 8.84. The Morgan fingerprint density at radius 3 is 2.72 bits per heavy atom. The van der Waals surface area contributed by atoms with Gasteiger partial charge in [-0.1, -0.05) is 60.3 Å². The number of nitrogens with one attached hydrogen (secondary N) is 1. The van der Waals surface area contributed by atoms with Crippen molar-refractivity contribution in [3.05, 3.63) is 81.8 Å². The highest BCUT2D eigenvalue weighted by Crippen LogP contribution is 2.29. The van der Waals surface area contributed by atoms with Crippen LogP contribution in [-0.2, 0) is 17.8 Å². The first-order valence-electron chi connectivity index (χ1n) is 9.40. The topological polar surface area (TPSA) is 64.0 Å². The summed E-state index contributed by atoms with van der Waals surface area (Å²) in [6.07, 6.45) is 0.796. The number of fused-ring (bicyclic) bond motifs is 1. The molecule has 1 aliphatic heterocycles. The number of carbonyl (C=O) groups excluding carboxylic acids is 1. The number of hydrogen-bond donors (Lipinski definition) is 1. The molecule has 0 spiro atoms. The Bertz CT molecular complexity index is 1100. The van der Waals surface area contributed by atoms with E-state index < -0.39 is 0 Å². The quantitative estimate of drug-likeness (QED) is 0.480. The molecule has 7 heteroatoms. The van der Waals surface area contributed by atoms with Crippen LogP contribution in [0.4, 0.5) is 5.69 Å². The predicted molar refractivity (Wildman–Crippen MR) is 119 cm³/mol. The second-order valence-electron chi connectivity index (χ2n) is 6.80. The molecule has 1 amide bonds. The van der Waals surface area contributed by atoms with Gasteiger partial charge in [0, 0.05) is 17.9 Å². The number of thioether (sulfide) groups is 2. The van der Waals surface area contributed by atoms with Gasteiger partial charge in [-0.2, -0.15) is 0 Å². The largest absolute Gasteiger partial charge is 0.325 e. The molecular formula is C22H21N3O2S2. The molecule has 0 fully saturated rings. The van der Waals surface area contributed by atoms with E-state index in [1.54, 1.807) is 16.3 Å². The van der Waals surface area contributed by atoms with Crippen molar-refractivity contribution in [2.75, 3.05) is 16.8 Å². The number of aryl methyl sites for hydroxylation is 2. The third-order valence-electron chi connectivity index (χ3n) is 4.68. The molecular weight excluding hydrogens is 402 g/mol. The average Bonchev–Trinajstić information content (AvgIpc) is 3.20. The van der Waals surface area contributed by atoms with Crippen LogP contribution in [0.1, 0.15) is 16.8 Å². The van der Waals surface area contributed by atoms with Crippen LogP contribution in [0.25, 0.3) is 0 Å². The molecule has 148 valence electrons. The van der Waals surface area contributed by atoms with Gasteiger partial charge in [0.1, 0.15) is 0 Å². The zero-order valence-corrected chi connectivity index (χ0v) is 17.7. The molecule has 1 aliphatic rings. The number of carbonyl (C=O) groups is 1. The Balaban J connectivity index is 1.56. The minimum Gasteiger partial charge on any atom is -0.325 e. The summed E-state index contributed by atoms with van der Waals surface area (Å²) in [5.74, 6) is 0.964. The highest BCUT2D eigenvalue weighted by molar-refractivity contribution is 8.00. The fourth-order valence-electron chi connectivity index (χ4n) is 3.17. The summed E-state index contributed by atoms with van der Waals surface area (Å²) in [4.78, 5) is 31.0. The SMILES string of the molecule is Cc1ccccc1NC(=O)CSc1nc2c(c(=O)n1Cc1ccccc1)SCC2. The summed E-state index contributed by atoms with van der Waals surface area (Å²) in [6, 6.07) is 17.5. The number of benzene rings is 2. The number of rotatable bonds is 6. The molecule has 1 N–H and O–H groups in total. The van der Waals surface area contributed by atoms with Gasteiger partial charge in [-0.05, 0) is 24.1 Å². The van der Waals surface area contributed by atoms with E-state index in [4.69, 9.17) is 4.98 Å². The van der Waals surface area contributed by atoms with Gasteiger partial charge in [0.15, 0.2) is 5.16 Å². The zero-order chi connectivity index (χ0) is 20.2. The van der Waals surface area contributed by atoms with Crippen molar-refractivity contribution in [2.45, 2.75) is 29.9 Å². The van der Waals surface area contributed by atoms with Crippen LogP contribution in [-0.4, -0.2) is 27.0 Å². The Hall–Kier alpha value is -2.51. The minimum absolute atomic E-state index is 0.0110. The molecule has 2 heterocycles. The Kier molecular flexibility index (Phi) is 6.06. The number of anilines is 1. The van der Waals surface area contributed by atoms with Gasteiger partial charge in [-0.15, -0.1) is 11.8 Å². The monoisotopic (exact) mass is 423 g/mol. The lowest BCUT2D eigenvalue weighted by molar-refractivity contribution is -0.113. The van der Waals surface area contributed by atoms with E-state index in [-0.39, 0.29) is 17.2 Å². The highest BCUT2D eigenvalue weighted by Gasteiger charge is 2.22. The van der Waals surface area contributed by atoms with Gasteiger partial charge in [-0.25, -0.2) is 4.98 Å². The smallest absolute Gasteiger partial charge is 0.268 e. The average molecular weight is 424 g/mol. The first kappa shape index (κ1) is 19.8. The number of amides is 1. The van der Waals surface area contributed by atoms with E-state index in [0.717, 1.165) is 39.6 Å². The zero-order valence-electron chi connectivity index (χ0n) is 16.1. The maximum atomic E-state index is 13.1. The Morgan fingerprint density at radius 2 is 1.93 bits per heavy atom. The normalized spacial score (nSPS) is 12.6. The predicted octanol–water partition coefficient (Wildman–Crippen LogP) is 3.98. The lowest BCUT2D eigenvalue weighted by Crippen LogP contribution is -2.26. The lowest BCUT2D eigenvalue weighted by Gasteiger charge is -2.14. The maximum Gasteiger partial charge on any atom is 0.268 e. The molecule has 0 bridgehead atoms. The molecule has 4 rings (SSSR count). The molecule has 2 aromatic carbocycles. The van der Waals surface area contributed by atoms with Crippen molar-refractivity contribution in [1.82, 2.24) is 9.55 Å². The molecule has 1 aromatic heterocycles. The third kappa shape index (κ3) is 4.57. The molecule has 0 saturated heterocycles. The van der Waals surface area contributed by atoms with Crippen LogP contribution in [0, 0.1) is 6.92 Å². The van der Waals surface area contributed by atoms with Gasteiger partial charge < -0.3 is 5.32 Å². The number of hydrogen-bond acceptors (Lipinski definition) is 5. The van der Waals surface area contributed by atoms with Gasteiger partial charge in [0.2, 0.25) is 5.91 Å². The second kappa shape index (κ2) is 8.88. The van der Waals surface area contributed by atoms with Crippen LogP contribution >= 0.6 is 23.5 Å². The minimum atomic E-state index is -0.111. The van der Waals surface area contributed by atoms with Crippen molar-refractivity contribution in [2.24, 2.45) is 0 Å². The van der Waals surface area contributed by atoms with Gasteiger partial charge in [-0.3, -0.25) is 14.2 Å². The lowest BCUT2D eigenvalue weighted by atomic mass is 10.2. The van der Waals surface area contributed by atoms with E-state index in [2.05, 4.69) is 5.32 Å². The molecule has 0 radical (unpaired) electrons. The number of nitrogens with zero attached hydrogens (tertiary/aromatic N) is 2. The Labute approximate surface area is 177 Å². The first-order chi connectivity index (χ1) is 14.1. The Morgan fingerprint density at radius 1 is 1.17 bits per heavy atom. The van der Waals surface area contributed by atoms with Crippen molar-refractivity contribution >= 4 is 35.1 Å². The molecule has 0 saturated carbocycles. The van der Waals surface area contributed by atoms with Crippen molar-refractivity contribution in [3.8, 4) is 0 Å². The number of aromatic nitrogens is 2. The molecule has 29 heavy (non-hydrogen) atoms. The maximum absolute atomic E-state index is 13.1. The molecule has 0 atom stereocenters. The van der Waals surface area contributed by atoms with Crippen LogP contribution in [0.5, 0.6) is 0 Å². The van der Waals surface area contributed by atoms with Crippen LogP contribution in [0.3, 0.4) is 0 Å². The number of para-hydroxylation sites is 1. The van der Waals surface area contributed by atoms with Crippen LogP contribution < -0.4 is 10.9 Å². The van der Waals surface area contributed by atoms with E-state index >= 15 is 0 Å². The van der Waals surface area contributed by atoms with Crippen molar-refractivity contribution < 1.29 is 4.79 Å². The van der Waals surface area contributed by atoms with E-state index in [1.807, 2.05) is 61.5 Å². The summed E-state index contributed by atoms with van der Waals surface area (Å²) < 4.78 is 1.69. The first-order valence-corrected chi connectivity index (χ1v) is 11.4. The summed E-state index contributed by atoms with van der Waals surface area (Å²) in [7, 11) is 0. The van der Waals surface area contributed by atoms with Gasteiger partial charge >= 0.3 is 0 Å². The van der Waals surface area contributed by atoms with E-state index in [0.29, 0.717) is 11.7 Å². The highest BCUT2D eigenvalue weighted by atomic mass is 32.2.